The van der Waals surface area contributed by atoms with Crippen LogP contribution < -0.4 is 10.6 Å². The highest BCUT2D eigenvalue weighted by Gasteiger charge is 2.05. The maximum Gasteiger partial charge on any atom is 0.229 e. The Morgan fingerprint density at radius 1 is 1.04 bits per heavy atom. The fourth-order valence-corrected chi connectivity index (χ4v) is 2.99. The molecule has 3 N–H and O–H groups in total. The van der Waals surface area contributed by atoms with Crippen molar-refractivity contribution in [3.8, 4) is 0 Å². The zero-order valence-electron chi connectivity index (χ0n) is 13.5. The molecule has 0 unspecified atom stereocenters. The Morgan fingerprint density at radius 3 is 2.88 bits per heavy atom. The first-order valence-electron chi connectivity index (χ1n) is 7.75. The summed E-state index contributed by atoms with van der Waals surface area (Å²) in [5, 5.41) is 14.6. The van der Waals surface area contributed by atoms with Crippen LogP contribution in [0.2, 0.25) is 0 Å². The molecule has 2 heterocycles. The van der Waals surface area contributed by atoms with Crippen LogP contribution in [0.4, 0.5) is 23.1 Å². The van der Waals surface area contributed by atoms with Crippen molar-refractivity contribution in [3.63, 3.8) is 0 Å². The van der Waals surface area contributed by atoms with Gasteiger partial charge in [0.1, 0.15) is 5.82 Å². The van der Waals surface area contributed by atoms with E-state index in [0.717, 1.165) is 22.3 Å². The third-order valence-corrected chi connectivity index (χ3v) is 4.45. The van der Waals surface area contributed by atoms with E-state index >= 15 is 0 Å². The Morgan fingerprint density at radius 2 is 1.96 bits per heavy atom. The number of nitrogens with one attached hydrogen (secondary N) is 3. The number of rotatable bonds is 5. The minimum Gasteiger partial charge on any atom is -0.339 e. The number of hydrogen-bond acceptors (Lipinski definition) is 6. The number of hydrogen-bond donors (Lipinski definition) is 3. The van der Waals surface area contributed by atoms with Gasteiger partial charge < -0.3 is 10.6 Å². The van der Waals surface area contributed by atoms with Gasteiger partial charge in [0.25, 0.3) is 0 Å². The van der Waals surface area contributed by atoms with Crippen LogP contribution in [0.1, 0.15) is 0 Å². The smallest absolute Gasteiger partial charge is 0.229 e. The molecule has 0 spiro atoms. The first-order valence-corrected chi connectivity index (χ1v) is 8.97. The number of aromatic amines is 1. The molecule has 0 amide bonds. The number of fused-ring (bicyclic) bond motifs is 1. The molecule has 0 aliphatic heterocycles. The molecular formula is C18H16N6S. The predicted molar refractivity (Wildman–Crippen MR) is 103 cm³/mol. The monoisotopic (exact) mass is 348 g/mol. The van der Waals surface area contributed by atoms with Gasteiger partial charge in [-0.2, -0.15) is 10.1 Å². The Hall–Kier alpha value is -3.06. The van der Waals surface area contributed by atoms with Crippen molar-refractivity contribution in [3.05, 3.63) is 60.9 Å². The van der Waals surface area contributed by atoms with E-state index in [4.69, 9.17) is 0 Å². The second kappa shape index (κ2) is 6.82. The van der Waals surface area contributed by atoms with Crippen LogP contribution in [0.25, 0.3) is 10.9 Å². The van der Waals surface area contributed by atoms with Gasteiger partial charge in [0.15, 0.2) is 0 Å². The maximum atomic E-state index is 4.54. The molecule has 2 aromatic carbocycles. The zero-order valence-corrected chi connectivity index (χ0v) is 14.3. The van der Waals surface area contributed by atoms with E-state index in [1.165, 1.54) is 4.90 Å². The van der Waals surface area contributed by atoms with Gasteiger partial charge in [-0.3, -0.25) is 5.10 Å². The third kappa shape index (κ3) is 3.41. The van der Waals surface area contributed by atoms with Gasteiger partial charge in [-0.1, -0.05) is 12.1 Å². The van der Waals surface area contributed by atoms with E-state index in [1.807, 2.05) is 36.4 Å². The zero-order chi connectivity index (χ0) is 17.1. The average Bonchev–Trinajstić information content (AvgIpc) is 3.12. The van der Waals surface area contributed by atoms with Crippen molar-refractivity contribution < 1.29 is 0 Å². The number of benzene rings is 2. The highest BCUT2D eigenvalue weighted by Crippen LogP contribution is 2.25. The summed E-state index contributed by atoms with van der Waals surface area (Å²) in [5.74, 6) is 1.26. The van der Waals surface area contributed by atoms with E-state index < -0.39 is 0 Å². The van der Waals surface area contributed by atoms with Crippen LogP contribution in [0, 0.1) is 0 Å². The topological polar surface area (TPSA) is 78.5 Å². The molecule has 4 aromatic rings. The lowest BCUT2D eigenvalue weighted by atomic mass is 10.2. The van der Waals surface area contributed by atoms with Crippen molar-refractivity contribution in [1.29, 1.82) is 0 Å². The van der Waals surface area contributed by atoms with E-state index in [1.54, 1.807) is 24.2 Å². The van der Waals surface area contributed by atoms with Crippen LogP contribution in [-0.2, 0) is 0 Å². The van der Waals surface area contributed by atoms with Crippen molar-refractivity contribution in [2.45, 2.75) is 4.90 Å². The molecular weight excluding hydrogens is 332 g/mol. The number of aromatic nitrogens is 4. The average molecular weight is 348 g/mol. The van der Waals surface area contributed by atoms with E-state index in [0.29, 0.717) is 11.8 Å². The summed E-state index contributed by atoms with van der Waals surface area (Å²) in [4.78, 5) is 10.0. The number of nitrogens with zero attached hydrogens (tertiary/aromatic N) is 3. The molecule has 6 nitrogen and oxygen atoms in total. The lowest BCUT2D eigenvalue weighted by molar-refractivity contribution is 1.12. The minimum atomic E-state index is 0.544. The number of thioether (sulfide) groups is 1. The Kier molecular flexibility index (Phi) is 4.22. The lowest BCUT2D eigenvalue weighted by Crippen LogP contribution is -2.00. The summed E-state index contributed by atoms with van der Waals surface area (Å²) >= 11 is 1.70. The van der Waals surface area contributed by atoms with E-state index in [9.17, 15) is 0 Å². The van der Waals surface area contributed by atoms with Gasteiger partial charge >= 0.3 is 0 Å². The second-order valence-corrected chi connectivity index (χ2v) is 6.26. The molecule has 0 radical (unpaired) electrons. The molecule has 0 bridgehead atoms. The molecule has 0 aliphatic carbocycles. The summed E-state index contributed by atoms with van der Waals surface area (Å²) in [6, 6.07) is 15.9. The van der Waals surface area contributed by atoms with E-state index in [2.05, 4.69) is 49.2 Å². The molecule has 7 heteroatoms. The Balaban J connectivity index is 1.58. The first kappa shape index (κ1) is 15.5. The summed E-state index contributed by atoms with van der Waals surface area (Å²) in [5.41, 5.74) is 2.88. The summed E-state index contributed by atoms with van der Waals surface area (Å²) in [7, 11) is 0. The SMILES string of the molecule is CSc1cccc(Nc2nccc(Nc3cccc4[nH]ncc34)n2)c1. The molecule has 124 valence electrons. The lowest BCUT2D eigenvalue weighted by Gasteiger charge is -2.09. The summed E-state index contributed by atoms with van der Waals surface area (Å²) in [6.45, 7) is 0. The fourth-order valence-electron chi connectivity index (χ4n) is 2.53. The normalized spacial score (nSPS) is 10.8. The van der Waals surface area contributed by atoms with Gasteiger partial charge in [0.2, 0.25) is 5.95 Å². The summed E-state index contributed by atoms with van der Waals surface area (Å²) in [6.07, 6.45) is 5.58. The number of H-pyrrole nitrogens is 1. The van der Waals surface area contributed by atoms with Gasteiger partial charge in [-0.25, -0.2) is 4.98 Å². The van der Waals surface area contributed by atoms with Gasteiger partial charge in [-0.15, -0.1) is 11.8 Å². The van der Waals surface area contributed by atoms with Crippen molar-refractivity contribution in [2.75, 3.05) is 16.9 Å². The molecule has 0 fully saturated rings. The Bertz CT molecular complexity index is 1010. The molecule has 0 atom stereocenters. The molecule has 0 saturated heterocycles. The van der Waals surface area contributed by atoms with Gasteiger partial charge in [0.05, 0.1) is 17.4 Å². The predicted octanol–water partition coefficient (Wildman–Crippen LogP) is 4.56. The van der Waals surface area contributed by atoms with Crippen molar-refractivity contribution >= 4 is 45.8 Å². The Labute approximate surface area is 149 Å². The maximum absolute atomic E-state index is 4.54. The second-order valence-electron chi connectivity index (χ2n) is 5.38. The van der Waals surface area contributed by atoms with Crippen LogP contribution in [0.15, 0.2) is 65.8 Å². The van der Waals surface area contributed by atoms with Gasteiger partial charge in [-0.05, 0) is 42.7 Å². The largest absolute Gasteiger partial charge is 0.339 e. The van der Waals surface area contributed by atoms with Crippen molar-refractivity contribution in [1.82, 2.24) is 20.2 Å². The van der Waals surface area contributed by atoms with E-state index in [-0.39, 0.29) is 0 Å². The molecule has 0 saturated carbocycles. The van der Waals surface area contributed by atoms with Crippen LogP contribution >= 0.6 is 11.8 Å². The van der Waals surface area contributed by atoms with Crippen LogP contribution in [-0.4, -0.2) is 26.4 Å². The molecule has 0 aliphatic rings. The summed E-state index contributed by atoms with van der Waals surface area (Å²) < 4.78 is 0. The van der Waals surface area contributed by atoms with Crippen molar-refractivity contribution in [2.24, 2.45) is 0 Å². The quantitative estimate of drug-likeness (QED) is 0.459. The highest BCUT2D eigenvalue weighted by molar-refractivity contribution is 7.98. The standard InChI is InChI=1S/C18H16N6S/c1-25-13-5-2-4-12(10-13)21-18-19-9-8-17(23-18)22-15-6-3-7-16-14(15)11-20-24-16/h2-11H,1H3,(H,20,24)(H2,19,21,22,23). The fraction of sp³-hybridized carbons (Fsp3) is 0.0556. The van der Waals surface area contributed by atoms with Crippen LogP contribution in [0.5, 0.6) is 0 Å². The third-order valence-electron chi connectivity index (χ3n) is 3.73. The molecule has 4 rings (SSSR count). The highest BCUT2D eigenvalue weighted by atomic mass is 32.2. The molecule has 2 aromatic heterocycles. The number of anilines is 4. The first-order chi connectivity index (χ1) is 12.3. The van der Waals surface area contributed by atoms with Gasteiger partial charge in [0, 0.05) is 22.2 Å². The molecule has 25 heavy (non-hydrogen) atoms. The minimum absolute atomic E-state index is 0.544. The van der Waals surface area contributed by atoms with Crippen LogP contribution in [0.3, 0.4) is 0 Å².